The number of nitrogens with two attached hydrogens (primary N) is 1. The molecule has 36 heavy (non-hydrogen) atoms. The van der Waals surface area contributed by atoms with Crippen molar-refractivity contribution in [1.82, 2.24) is 14.9 Å². The van der Waals surface area contributed by atoms with Crippen LogP contribution in [0.1, 0.15) is 44.7 Å². The average Bonchev–Trinajstić information content (AvgIpc) is 3.32. The number of nitrogens with one attached hydrogen (secondary N) is 1. The van der Waals surface area contributed by atoms with Crippen LogP contribution in [-0.4, -0.2) is 45.7 Å². The molecule has 2 aromatic carbocycles. The summed E-state index contributed by atoms with van der Waals surface area (Å²) >= 11 is 0. The molecule has 8 nitrogen and oxygen atoms in total. The molecule has 0 spiro atoms. The van der Waals surface area contributed by atoms with E-state index in [0.717, 1.165) is 12.8 Å². The number of aromatic nitrogens is 2. The molecule has 1 aliphatic rings. The van der Waals surface area contributed by atoms with Gasteiger partial charge in [0.2, 0.25) is 0 Å². The lowest BCUT2D eigenvalue weighted by Crippen LogP contribution is -2.42. The Bertz CT molecular complexity index is 1090. The molecule has 3 N–H and O–H groups in total. The molecular formula is C28H36N6O2. The van der Waals surface area contributed by atoms with E-state index in [4.69, 9.17) is 10.5 Å². The van der Waals surface area contributed by atoms with Gasteiger partial charge in [-0.1, -0.05) is 60.7 Å². The van der Waals surface area contributed by atoms with E-state index in [1.54, 1.807) is 4.90 Å². The summed E-state index contributed by atoms with van der Waals surface area (Å²) in [5.41, 5.74) is 8.92. The van der Waals surface area contributed by atoms with Crippen molar-refractivity contribution >= 4 is 23.4 Å². The van der Waals surface area contributed by atoms with Crippen LogP contribution < -0.4 is 16.0 Å². The highest BCUT2D eigenvalue weighted by Gasteiger charge is 2.32. The number of hydrogen-bond donors (Lipinski definition) is 2. The van der Waals surface area contributed by atoms with Gasteiger partial charge in [-0.15, -0.1) is 0 Å². The van der Waals surface area contributed by atoms with E-state index >= 15 is 0 Å². The van der Waals surface area contributed by atoms with Crippen LogP contribution in [-0.2, 0) is 17.8 Å². The van der Waals surface area contributed by atoms with Gasteiger partial charge in [0, 0.05) is 26.2 Å². The molecule has 190 valence electrons. The van der Waals surface area contributed by atoms with Gasteiger partial charge in [0.1, 0.15) is 17.6 Å². The third kappa shape index (κ3) is 6.65. The van der Waals surface area contributed by atoms with Crippen LogP contribution in [0.25, 0.3) is 0 Å². The summed E-state index contributed by atoms with van der Waals surface area (Å²) in [7, 11) is 0. The summed E-state index contributed by atoms with van der Waals surface area (Å²) in [5.74, 6) is 1.25. The Morgan fingerprint density at radius 3 is 2.25 bits per heavy atom. The lowest BCUT2D eigenvalue weighted by atomic mass is 10.1. The van der Waals surface area contributed by atoms with Crippen LogP contribution in [0.2, 0.25) is 0 Å². The second kappa shape index (κ2) is 11.3. The average molecular weight is 489 g/mol. The minimum Gasteiger partial charge on any atom is -0.444 e. The van der Waals surface area contributed by atoms with Gasteiger partial charge in [-0.3, -0.25) is 0 Å². The van der Waals surface area contributed by atoms with Gasteiger partial charge < -0.3 is 25.6 Å². The second-order valence-electron chi connectivity index (χ2n) is 10.1. The van der Waals surface area contributed by atoms with Crippen molar-refractivity contribution in [3.63, 3.8) is 0 Å². The number of ether oxygens (including phenoxy) is 1. The van der Waals surface area contributed by atoms with Gasteiger partial charge in [0.05, 0.1) is 6.04 Å². The Morgan fingerprint density at radius 1 is 1.06 bits per heavy atom. The molecule has 8 heteroatoms. The van der Waals surface area contributed by atoms with Gasteiger partial charge in [0.15, 0.2) is 11.6 Å². The quantitative estimate of drug-likeness (QED) is 0.456. The Labute approximate surface area is 213 Å². The van der Waals surface area contributed by atoms with Crippen LogP contribution in [0.4, 0.5) is 22.1 Å². The van der Waals surface area contributed by atoms with Crippen molar-refractivity contribution in [2.75, 3.05) is 29.0 Å². The molecule has 0 saturated carbocycles. The molecule has 3 aromatic rings. The molecular weight excluding hydrogens is 452 g/mol. The summed E-state index contributed by atoms with van der Waals surface area (Å²) in [6.07, 6.45) is 3.10. The lowest BCUT2D eigenvalue weighted by molar-refractivity contribution is 0.0235. The predicted molar refractivity (Wildman–Crippen MR) is 144 cm³/mol. The molecule has 1 fully saturated rings. The van der Waals surface area contributed by atoms with Crippen molar-refractivity contribution in [3.8, 4) is 0 Å². The predicted octanol–water partition coefficient (Wildman–Crippen LogP) is 5.08. The summed E-state index contributed by atoms with van der Waals surface area (Å²) in [6, 6.07) is 20.6. The Balaban J connectivity index is 1.51. The number of nitrogens with zero attached hydrogens (tertiary/aromatic N) is 4. The van der Waals surface area contributed by atoms with E-state index in [9.17, 15) is 4.79 Å². The fourth-order valence-corrected chi connectivity index (χ4v) is 4.42. The van der Waals surface area contributed by atoms with Crippen molar-refractivity contribution in [2.45, 2.75) is 58.3 Å². The highest BCUT2D eigenvalue weighted by molar-refractivity contribution is 5.75. The SMILES string of the molecule is CC(C)(C)OC(=O)N1CCCC1CNc1ncnc(N(Cc2ccccc2)Cc2ccccc2)c1N. The summed E-state index contributed by atoms with van der Waals surface area (Å²) in [4.78, 5) is 25.6. The molecule has 0 radical (unpaired) electrons. The van der Waals surface area contributed by atoms with E-state index in [1.807, 2.05) is 57.2 Å². The Hall–Kier alpha value is -3.81. The maximum atomic E-state index is 12.7. The van der Waals surface area contributed by atoms with Crippen molar-refractivity contribution < 1.29 is 9.53 Å². The van der Waals surface area contributed by atoms with E-state index in [2.05, 4.69) is 44.5 Å². The van der Waals surface area contributed by atoms with Crippen molar-refractivity contribution in [2.24, 2.45) is 0 Å². The molecule has 0 aliphatic carbocycles. The van der Waals surface area contributed by atoms with Gasteiger partial charge in [-0.2, -0.15) is 0 Å². The third-order valence-corrected chi connectivity index (χ3v) is 6.11. The highest BCUT2D eigenvalue weighted by atomic mass is 16.6. The summed E-state index contributed by atoms with van der Waals surface area (Å²) in [5, 5.41) is 3.37. The van der Waals surface area contributed by atoms with Crippen molar-refractivity contribution in [3.05, 3.63) is 78.1 Å². The molecule has 0 bridgehead atoms. The first-order valence-corrected chi connectivity index (χ1v) is 12.5. The number of anilines is 3. The zero-order chi connectivity index (χ0) is 25.5. The number of benzene rings is 2. The van der Waals surface area contributed by atoms with Gasteiger partial charge in [-0.05, 0) is 44.7 Å². The maximum absolute atomic E-state index is 12.7. The standard InChI is InChI=1S/C28H36N6O2/c1-28(2,3)36-27(35)34-16-10-15-23(34)17-30-25-24(29)26(32-20-31-25)33(18-21-11-6-4-7-12-21)19-22-13-8-5-9-14-22/h4-9,11-14,20,23H,10,15-19,29H2,1-3H3,(H,30,31,32). The van der Waals surface area contributed by atoms with Gasteiger partial charge in [0.25, 0.3) is 0 Å². The van der Waals surface area contributed by atoms with E-state index in [-0.39, 0.29) is 12.1 Å². The smallest absolute Gasteiger partial charge is 0.410 e. The zero-order valence-electron chi connectivity index (χ0n) is 21.4. The summed E-state index contributed by atoms with van der Waals surface area (Å²) in [6.45, 7) is 8.19. The van der Waals surface area contributed by atoms with Gasteiger partial charge in [-0.25, -0.2) is 14.8 Å². The molecule has 1 amide bonds. The van der Waals surface area contributed by atoms with Crippen LogP contribution in [0.15, 0.2) is 67.0 Å². The zero-order valence-corrected chi connectivity index (χ0v) is 21.4. The fraction of sp³-hybridized carbons (Fsp3) is 0.393. The number of amides is 1. The molecule has 1 aromatic heterocycles. The van der Waals surface area contributed by atoms with Crippen LogP contribution in [0.3, 0.4) is 0 Å². The number of carbonyl (C=O) groups excluding carboxylic acids is 1. The normalized spacial score (nSPS) is 15.5. The van der Waals surface area contributed by atoms with E-state index in [1.165, 1.54) is 17.5 Å². The first kappa shape index (κ1) is 25.3. The monoisotopic (exact) mass is 488 g/mol. The Kier molecular flexibility index (Phi) is 7.93. The van der Waals surface area contributed by atoms with Crippen LogP contribution >= 0.6 is 0 Å². The van der Waals surface area contributed by atoms with E-state index in [0.29, 0.717) is 43.5 Å². The maximum Gasteiger partial charge on any atom is 0.410 e. The molecule has 1 atom stereocenters. The first-order chi connectivity index (χ1) is 17.3. The van der Waals surface area contributed by atoms with E-state index < -0.39 is 5.60 Å². The topological polar surface area (TPSA) is 96.6 Å². The molecule has 1 saturated heterocycles. The second-order valence-corrected chi connectivity index (χ2v) is 10.1. The number of rotatable bonds is 8. The lowest BCUT2D eigenvalue weighted by Gasteiger charge is -2.29. The van der Waals surface area contributed by atoms with Crippen LogP contribution in [0, 0.1) is 0 Å². The van der Waals surface area contributed by atoms with Crippen LogP contribution in [0.5, 0.6) is 0 Å². The minimum atomic E-state index is -0.523. The first-order valence-electron chi connectivity index (χ1n) is 12.5. The summed E-state index contributed by atoms with van der Waals surface area (Å²) < 4.78 is 5.59. The minimum absolute atomic E-state index is 0.0161. The number of nitrogen functional groups attached to an aromatic ring is 1. The highest BCUT2D eigenvalue weighted by Crippen LogP contribution is 2.29. The number of likely N-dealkylation sites (tertiary alicyclic amines) is 1. The third-order valence-electron chi connectivity index (χ3n) is 6.11. The number of carbonyl (C=O) groups is 1. The Morgan fingerprint density at radius 2 is 1.67 bits per heavy atom. The largest absolute Gasteiger partial charge is 0.444 e. The molecule has 1 unspecified atom stereocenters. The van der Waals surface area contributed by atoms with Crippen molar-refractivity contribution in [1.29, 1.82) is 0 Å². The molecule has 2 heterocycles. The molecule has 4 rings (SSSR count). The number of hydrogen-bond acceptors (Lipinski definition) is 7. The van der Waals surface area contributed by atoms with Gasteiger partial charge >= 0.3 is 6.09 Å². The fourth-order valence-electron chi connectivity index (χ4n) is 4.42. The molecule has 1 aliphatic heterocycles.